The van der Waals surface area contributed by atoms with E-state index in [1.807, 2.05) is 18.2 Å². The number of imidazole rings is 1. The van der Waals surface area contributed by atoms with Gasteiger partial charge in [-0.1, -0.05) is 13.8 Å². The zero-order chi connectivity index (χ0) is 10.7. The molecule has 0 radical (unpaired) electrons. The highest BCUT2D eigenvalue weighted by atomic mass is 16.5. The van der Waals surface area contributed by atoms with E-state index in [2.05, 4.69) is 23.8 Å². The number of fused-ring (bicyclic) bond motifs is 1. The molecule has 1 heterocycles. The molecule has 2 rings (SSSR count). The first-order valence-corrected chi connectivity index (χ1v) is 5.45. The molecule has 0 aliphatic carbocycles. The van der Waals surface area contributed by atoms with E-state index in [1.54, 1.807) is 0 Å². The smallest absolute Gasteiger partial charge is 0.121 e. The van der Waals surface area contributed by atoms with E-state index in [4.69, 9.17) is 4.74 Å². The van der Waals surface area contributed by atoms with E-state index in [9.17, 15) is 0 Å². The van der Waals surface area contributed by atoms with Gasteiger partial charge in [0, 0.05) is 12.5 Å². The molecule has 1 N–H and O–H groups in total. The Balaban J connectivity index is 2.29. The largest absolute Gasteiger partial charge is 0.494 e. The molecule has 0 saturated carbocycles. The molecular weight excluding hydrogens is 188 g/mol. The number of hydrogen-bond donors (Lipinski definition) is 1. The second kappa shape index (κ2) is 4.34. The minimum atomic E-state index is 0.764. The Morgan fingerprint density at radius 1 is 1.33 bits per heavy atom. The SMILES string of the molecule is CCCOc1ccc2nc(CC)[nH]c2c1. The van der Waals surface area contributed by atoms with Crippen molar-refractivity contribution in [2.45, 2.75) is 26.7 Å². The molecule has 0 unspecified atom stereocenters. The fourth-order valence-electron chi connectivity index (χ4n) is 1.52. The molecule has 0 bridgehead atoms. The van der Waals surface area contributed by atoms with Crippen LogP contribution >= 0.6 is 0 Å². The molecule has 80 valence electrons. The lowest BCUT2D eigenvalue weighted by molar-refractivity contribution is 0.318. The fourth-order valence-corrected chi connectivity index (χ4v) is 1.52. The summed E-state index contributed by atoms with van der Waals surface area (Å²) in [4.78, 5) is 7.71. The minimum Gasteiger partial charge on any atom is -0.494 e. The van der Waals surface area contributed by atoms with Crippen molar-refractivity contribution in [2.24, 2.45) is 0 Å². The summed E-state index contributed by atoms with van der Waals surface area (Å²) in [5, 5.41) is 0. The van der Waals surface area contributed by atoms with E-state index < -0.39 is 0 Å². The van der Waals surface area contributed by atoms with Crippen molar-refractivity contribution in [2.75, 3.05) is 6.61 Å². The number of aromatic amines is 1. The molecule has 0 fully saturated rings. The normalized spacial score (nSPS) is 10.8. The molecule has 2 aromatic rings. The Hall–Kier alpha value is -1.51. The van der Waals surface area contributed by atoms with Gasteiger partial charge in [-0.15, -0.1) is 0 Å². The first kappa shape index (κ1) is 10.0. The number of ether oxygens (including phenoxy) is 1. The van der Waals surface area contributed by atoms with Crippen LogP contribution in [-0.4, -0.2) is 16.6 Å². The number of rotatable bonds is 4. The molecule has 0 amide bonds. The molecule has 15 heavy (non-hydrogen) atoms. The monoisotopic (exact) mass is 204 g/mol. The van der Waals surface area contributed by atoms with Crippen LogP contribution in [0.4, 0.5) is 0 Å². The van der Waals surface area contributed by atoms with Crippen molar-refractivity contribution in [1.29, 1.82) is 0 Å². The predicted molar refractivity (Wildman–Crippen MR) is 61.3 cm³/mol. The van der Waals surface area contributed by atoms with Gasteiger partial charge < -0.3 is 9.72 Å². The molecule has 3 nitrogen and oxygen atoms in total. The lowest BCUT2D eigenvalue weighted by Gasteiger charge is -2.02. The molecule has 3 heteroatoms. The van der Waals surface area contributed by atoms with Crippen LogP contribution in [0.5, 0.6) is 5.75 Å². The second-order valence-electron chi connectivity index (χ2n) is 3.56. The molecule has 0 spiro atoms. The number of nitrogens with zero attached hydrogens (tertiary/aromatic N) is 1. The molecular formula is C12H16N2O. The van der Waals surface area contributed by atoms with E-state index in [-0.39, 0.29) is 0 Å². The summed E-state index contributed by atoms with van der Waals surface area (Å²) < 4.78 is 5.56. The van der Waals surface area contributed by atoms with Gasteiger partial charge in [-0.2, -0.15) is 0 Å². The summed E-state index contributed by atoms with van der Waals surface area (Å²) in [6, 6.07) is 5.98. The third kappa shape index (κ3) is 2.12. The van der Waals surface area contributed by atoms with Crippen LogP contribution in [0.1, 0.15) is 26.1 Å². The third-order valence-electron chi connectivity index (χ3n) is 2.31. The maximum Gasteiger partial charge on any atom is 0.121 e. The van der Waals surface area contributed by atoms with Crippen LogP contribution in [-0.2, 0) is 6.42 Å². The minimum absolute atomic E-state index is 0.764. The number of aryl methyl sites for hydroxylation is 1. The topological polar surface area (TPSA) is 37.9 Å². The Labute approximate surface area is 89.5 Å². The Morgan fingerprint density at radius 3 is 2.93 bits per heavy atom. The summed E-state index contributed by atoms with van der Waals surface area (Å²) >= 11 is 0. The van der Waals surface area contributed by atoms with Crippen molar-refractivity contribution >= 4 is 11.0 Å². The first-order valence-electron chi connectivity index (χ1n) is 5.45. The number of nitrogens with one attached hydrogen (secondary N) is 1. The van der Waals surface area contributed by atoms with Gasteiger partial charge in [-0.05, 0) is 18.6 Å². The zero-order valence-corrected chi connectivity index (χ0v) is 9.21. The van der Waals surface area contributed by atoms with Crippen molar-refractivity contribution < 1.29 is 4.74 Å². The Morgan fingerprint density at radius 2 is 2.20 bits per heavy atom. The van der Waals surface area contributed by atoms with Gasteiger partial charge in [0.25, 0.3) is 0 Å². The van der Waals surface area contributed by atoms with Gasteiger partial charge in [0.2, 0.25) is 0 Å². The van der Waals surface area contributed by atoms with Crippen LogP contribution in [0.25, 0.3) is 11.0 Å². The molecule has 0 aliphatic heterocycles. The van der Waals surface area contributed by atoms with Gasteiger partial charge in [0.05, 0.1) is 17.6 Å². The number of aromatic nitrogens is 2. The highest BCUT2D eigenvalue weighted by molar-refractivity contribution is 5.76. The second-order valence-corrected chi connectivity index (χ2v) is 3.56. The summed E-state index contributed by atoms with van der Waals surface area (Å²) in [6.45, 7) is 4.95. The summed E-state index contributed by atoms with van der Waals surface area (Å²) in [5.41, 5.74) is 2.07. The standard InChI is InChI=1S/C12H16N2O/c1-3-7-15-9-5-6-10-11(8-9)14-12(4-2)13-10/h5-6,8H,3-4,7H2,1-2H3,(H,13,14). The van der Waals surface area contributed by atoms with Crippen LogP contribution in [0, 0.1) is 0 Å². The third-order valence-corrected chi connectivity index (χ3v) is 2.31. The summed E-state index contributed by atoms with van der Waals surface area (Å²) in [7, 11) is 0. The van der Waals surface area contributed by atoms with Gasteiger partial charge in [-0.3, -0.25) is 0 Å². The molecule has 1 aromatic carbocycles. The average molecular weight is 204 g/mol. The highest BCUT2D eigenvalue weighted by Crippen LogP contribution is 2.19. The zero-order valence-electron chi connectivity index (χ0n) is 9.21. The van der Waals surface area contributed by atoms with E-state index in [0.29, 0.717) is 0 Å². The number of benzene rings is 1. The maximum atomic E-state index is 5.56. The van der Waals surface area contributed by atoms with Crippen LogP contribution < -0.4 is 4.74 Å². The van der Waals surface area contributed by atoms with E-state index in [1.165, 1.54) is 0 Å². The first-order chi connectivity index (χ1) is 7.33. The lowest BCUT2D eigenvalue weighted by atomic mass is 10.3. The predicted octanol–water partition coefficient (Wildman–Crippen LogP) is 2.91. The average Bonchev–Trinajstić information content (AvgIpc) is 2.68. The highest BCUT2D eigenvalue weighted by Gasteiger charge is 2.02. The van der Waals surface area contributed by atoms with E-state index >= 15 is 0 Å². The molecule has 1 aromatic heterocycles. The summed E-state index contributed by atoms with van der Waals surface area (Å²) in [5.74, 6) is 1.94. The van der Waals surface area contributed by atoms with Crippen LogP contribution in [0.3, 0.4) is 0 Å². The van der Waals surface area contributed by atoms with Crippen LogP contribution in [0.2, 0.25) is 0 Å². The fraction of sp³-hybridized carbons (Fsp3) is 0.417. The quantitative estimate of drug-likeness (QED) is 0.831. The van der Waals surface area contributed by atoms with Crippen molar-refractivity contribution in [3.05, 3.63) is 24.0 Å². The van der Waals surface area contributed by atoms with Gasteiger partial charge in [0.15, 0.2) is 0 Å². The number of H-pyrrole nitrogens is 1. The van der Waals surface area contributed by atoms with Crippen molar-refractivity contribution in [3.63, 3.8) is 0 Å². The molecule has 0 saturated heterocycles. The van der Waals surface area contributed by atoms with E-state index in [0.717, 1.165) is 42.1 Å². The number of hydrogen-bond acceptors (Lipinski definition) is 2. The van der Waals surface area contributed by atoms with Gasteiger partial charge in [0.1, 0.15) is 11.6 Å². The van der Waals surface area contributed by atoms with Gasteiger partial charge in [-0.25, -0.2) is 4.98 Å². The van der Waals surface area contributed by atoms with Crippen molar-refractivity contribution in [1.82, 2.24) is 9.97 Å². The Kier molecular flexibility index (Phi) is 2.90. The lowest BCUT2D eigenvalue weighted by Crippen LogP contribution is -1.94. The summed E-state index contributed by atoms with van der Waals surface area (Å²) in [6.07, 6.45) is 1.96. The maximum absolute atomic E-state index is 5.56. The van der Waals surface area contributed by atoms with Gasteiger partial charge >= 0.3 is 0 Å². The van der Waals surface area contributed by atoms with Crippen molar-refractivity contribution in [3.8, 4) is 5.75 Å². The molecule has 0 aliphatic rings. The Bertz CT molecular complexity index is 448. The van der Waals surface area contributed by atoms with Crippen LogP contribution in [0.15, 0.2) is 18.2 Å². The molecule has 0 atom stereocenters.